The third-order valence-corrected chi connectivity index (χ3v) is 3.55. The van der Waals surface area contributed by atoms with E-state index < -0.39 is 5.54 Å². The first-order valence-corrected chi connectivity index (χ1v) is 6.46. The van der Waals surface area contributed by atoms with Gasteiger partial charge in [-0.1, -0.05) is 54.1 Å². The fourth-order valence-electron chi connectivity index (χ4n) is 2.11. The van der Waals surface area contributed by atoms with Crippen LogP contribution in [0.25, 0.3) is 0 Å². The maximum Gasteiger partial charge on any atom is 0.0441 e. The van der Waals surface area contributed by atoms with Crippen LogP contribution in [-0.4, -0.2) is 0 Å². The molecule has 0 fully saturated rings. The van der Waals surface area contributed by atoms with Gasteiger partial charge < -0.3 is 5.73 Å². The lowest BCUT2D eigenvalue weighted by molar-refractivity contribution is 0.491. The molecule has 0 saturated heterocycles. The number of halogens is 1. The smallest absolute Gasteiger partial charge is 0.0441 e. The molecule has 0 saturated carbocycles. The number of hydrogen-bond donors (Lipinski definition) is 1. The number of hydrogen-bond acceptors (Lipinski definition) is 1. The van der Waals surface area contributed by atoms with Crippen molar-refractivity contribution in [1.82, 2.24) is 0 Å². The summed E-state index contributed by atoms with van der Waals surface area (Å²) in [5.74, 6) is 0. The Labute approximate surface area is 114 Å². The van der Waals surface area contributed by atoms with E-state index in [2.05, 4.69) is 24.3 Å². The summed E-state index contributed by atoms with van der Waals surface area (Å²) >= 11 is 6.27. The molecule has 0 spiro atoms. The van der Waals surface area contributed by atoms with Crippen LogP contribution in [0.3, 0.4) is 0 Å². The molecule has 0 amide bonds. The Morgan fingerprint density at radius 2 is 1.78 bits per heavy atom. The van der Waals surface area contributed by atoms with Crippen LogP contribution in [0.1, 0.15) is 23.6 Å². The molecule has 2 aromatic carbocycles. The maximum atomic E-state index is 6.42. The molecule has 2 N–H and O–H groups in total. The number of nitrogens with two attached hydrogens (primary N) is 1. The highest BCUT2D eigenvalue weighted by molar-refractivity contribution is 6.31. The summed E-state index contributed by atoms with van der Waals surface area (Å²) in [6.07, 6.45) is 0.732. The van der Waals surface area contributed by atoms with Gasteiger partial charge in [-0.25, -0.2) is 0 Å². The van der Waals surface area contributed by atoms with E-state index in [0.717, 1.165) is 22.6 Å². The van der Waals surface area contributed by atoms with Gasteiger partial charge in [0.1, 0.15) is 0 Å². The van der Waals surface area contributed by atoms with Crippen LogP contribution >= 0.6 is 11.6 Å². The van der Waals surface area contributed by atoms with E-state index in [1.54, 1.807) is 0 Å². The molecule has 2 heteroatoms. The molecule has 0 aliphatic heterocycles. The minimum atomic E-state index is -0.403. The second-order valence-electron chi connectivity index (χ2n) is 5.06. The van der Waals surface area contributed by atoms with E-state index in [9.17, 15) is 0 Å². The predicted octanol–water partition coefficient (Wildman–Crippen LogP) is 4.07. The van der Waals surface area contributed by atoms with Crippen molar-refractivity contribution in [3.05, 3.63) is 70.2 Å². The molecule has 0 aliphatic carbocycles. The van der Waals surface area contributed by atoms with Gasteiger partial charge in [-0.3, -0.25) is 0 Å². The summed E-state index contributed by atoms with van der Waals surface area (Å²) in [6.45, 7) is 4.08. The third kappa shape index (κ3) is 2.92. The van der Waals surface area contributed by atoms with Crippen LogP contribution in [0, 0.1) is 6.92 Å². The molecule has 1 atom stereocenters. The second-order valence-corrected chi connectivity index (χ2v) is 5.46. The fraction of sp³-hybridized carbons (Fsp3) is 0.250. The van der Waals surface area contributed by atoms with Crippen LogP contribution in [0.15, 0.2) is 48.5 Å². The summed E-state index contributed by atoms with van der Waals surface area (Å²) in [4.78, 5) is 0. The van der Waals surface area contributed by atoms with Crippen LogP contribution < -0.4 is 5.73 Å². The summed E-state index contributed by atoms with van der Waals surface area (Å²) in [7, 11) is 0. The van der Waals surface area contributed by atoms with Gasteiger partial charge >= 0.3 is 0 Å². The van der Waals surface area contributed by atoms with Gasteiger partial charge in [0.05, 0.1) is 0 Å². The second kappa shape index (κ2) is 5.13. The molecular formula is C16H18ClN. The average molecular weight is 260 g/mol. The molecule has 0 aliphatic rings. The number of benzene rings is 2. The van der Waals surface area contributed by atoms with Crippen LogP contribution in [-0.2, 0) is 12.0 Å². The van der Waals surface area contributed by atoms with Crippen molar-refractivity contribution < 1.29 is 0 Å². The van der Waals surface area contributed by atoms with Gasteiger partial charge in [-0.2, -0.15) is 0 Å². The summed E-state index contributed by atoms with van der Waals surface area (Å²) in [5.41, 5.74) is 9.40. The topological polar surface area (TPSA) is 26.0 Å². The summed E-state index contributed by atoms with van der Waals surface area (Å²) in [6, 6.07) is 16.3. The molecule has 18 heavy (non-hydrogen) atoms. The lowest BCUT2D eigenvalue weighted by atomic mass is 9.86. The Morgan fingerprint density at radius 1 is 1.11 bits per heavy atom. The zero-order valence-electron chi connectivity index (χ0n) is 10.8. The molecule has 2 rings (SSSR count). The largest absolute Gasteiger partial charge is 0.321 e. The first-order chi connectivity index (χ1) is 8.49. The minimum absolute atomic E-state index is 0.403. The SMILES string of the molecule is Cc1ccc(CC(C)(N)c2ccccc2)c(Cl)c1. The molecule has 0 radical (unpaired) electrons. The van der Waals surface area contributed by atoms with Gasteiger partial charge in [0.25, 0.3) is 0 Å². The van der Waals surface area contributed by atoms with E-state index >= 15 is 0 Å². The van der Waals surface area contributed by atoms with Gasteiger partial charge in [0.2, 0.25) is 0 Å². The normalized spacial score (nSPS) is 14.2. The standard InChI is InChI=1S/C16H18ClN/c1-12-8-9-13(15(17)10-12)11-16(2,18)14-6-4-3-5-7-14/h3-10H,11,18H2,1-2H3. The highest BCUT2D eigenvalue weighted by Gasteiger charge is 2.22. The van der Waals surface area contributed by atoms with E-state index in [-0.39, 0.29) is 0 Å². The van der Waals surface area contributed by atoms with Crippen molar-refractivity contribution in [3.8, 4) is 0 Å². The zero-order chi connectivity index (χ0) is 13.2. The van der Waals surface area contributed by atoms with Gasteiger partial charge in [-0.15, -0.1) is 0 Å². The zero-order valence-corrected chi connectivity index (χ0v) is 11.5. The summed E-state index contributed by atoms with van der Waals surface area (Å²) < 4.78 is 0. The molecule has 0 aromatic heterocycles. The molecule has 2 aromatic rings. The van der Waals surface area contributed by atoms with Crippen LogP contribution in [0.5, 0.6) is 0 Å². The van der Waals surface area contributed by atoms with E-state index in [4.69, 9.17) is 17.3 Å². The molecule has 1 nitrogen and oxygen atoms in total. The van der Waals surface area contributed by atoms with E-state index in [1.807, 2.05) is 38.1 Å². The van der Waals surface area contributed by atoms with Gasteiger partial charge in [0.15, 0.2) is 0 Å². The van der Waals surface area contributed by atoms with Crippen LogP contribution in [0.2, 0.25) is 5.02 Å². The predicted molar refractivity (Wildman–Crippen MR) is 77.9 cm³/mol. The first kappa shape index (κ1) is 13.1. The molecule has 94 valence electrons. The summed E-state index contributed by atoms with van der Waals surface area (Å²) in [5, 5.41) is 0.794. The van der Waals surface area contributed by atoms with Crippen molar-refractivity contribution in [3.63, 3.8) is 0 Å². The lowest BCUT2D eigenvalue weighted by Crippen LogP contribution is -2.35. The van der Waals surface area contributed by atoms with Crippen molar-refractivity contribution in [1.29, 1.82) is 0 Å². The Morgan fingerprint density at radius 3 is 2.39 bits per heavy atom. The van der Waals surface area contributed by atoms with Crippen molar-refractivity contribution >= 4 is 11.6 Å². The number of rotatable bonds is 3. The van der Waals surface area contributed by atoms with E-state index in [1.165, 1.54) is 5.56 Å². The molecule has 0 heterocycles. The molecule has 1 unspecified atom stereocenters. The third-order valence-electron chi connectivity index (χ3n) is 3.20. The van der Waals surface area contributed by atoms with Crippen molar-refractivity contribution in [2.45, 2.75) is 25.8 Å². The highest BCUT2D eigenvalue weighted by Crippen LogP contribution is 2.27. The maximum absolute atomic E-state index is 6.42. The quantitative estimate of drug-likeness (QED) is 0.884. The van der Waals surface area contributed by atoms with Gasteiger partial charge in [-0.05, 0) is 43.0 Å². The van der Waals surface area contributed by atoms with Crippen molar-refractivity contribution in [2.24, 2.45) is 5.73 Å². The van der Waals surface area contributed by atoms with Gasteiger partial charge in [0, 0.05) is 10.6 Å². The Bertz CT molecular complexity index is 532. The molecular weight excluding hydrogens is 242 g/mol. The highest BCUT2D eigenvalue weighted by atomic mass is 35.5. The monoisotopic (exact) mass is 259 g/mol. The first-order valence-electron chi connectivity index (χ1n) is 6.08. The van der Waals surface area contributed by atoms with Crippen molar-refractivity contribution in [2.75, 3.05) is 0 Å². The Kier molecular flexibility index (Phi) is 3.74. The van der Waals surface area contributed by atoms with Crippen LogP contribution in [0.4, 0.5) is 0 Å². The average Bonchev–Trinajstić information content (AvgIpc) is 2.34. The Hall–Kier alpha value is -1.31. The molecule has 0 bridgehead atoms. The van der Waals surface area contributed by atoms with E-state index in [0.29, 0.717) is 0 Å². The Balaban J connectivity index is 2.28. The lowest BCUT2D eigenvalue weighted by Gasteiger charge is -2.26. The fourth-order valence-corrected chi connectivity index (χ4v) is 2.41. The number of aryl methyl sites for hydroxylation is 1. The minimum Gasteiger partial charge on any atom is -0.321 e.